The van der Waals surface area contributed by atoms with Gasteiger partial charge in [-0.15, -0.1) is 11.3 Å². The first-order valence-electron chi connectivity index (χ1n) is 24.8. The lowest BCUT2D eigenvalue weighted by Gasteiger charge is -2.30. The number of aromatic amines is 2. The highest BCUT2D eigenvalue weighted by Gasteiger charge is 2.40. The van der Waals surface area contributed by atoms with Gasteiger partial charge in [-0.05, 0) is 80.7 Å². The van der Waals surface area contributed by atoms with Gasteiger partial charge in [-0.25, -0.2) is 28.9 Å². The summed E-state index contributed by atoms with van der Waals surface area (Å²) >= 11 is 1.66. The monoisotopic (exact) mass is 988 g/mol. The normalized spacial score (nSPS) is 19.9. The molecule has 5 atom stereocenters. The van der Waals surface area contributed by atoms with Crippen molar-refractivity contribution >= 4 is 46.2 Å². The van der Waals surface area contributed by atoms with Gasteiger partial charge in [0.25, 0.3) is 0 Å². The number of H-pyrrole nitrogens is 2. The van der Waals surface area contributed by atoms with Crippen molar-refractivity contribution in [2.75, 3.05) is 27.3 Å². The first-order valence-corrected chi connectivity index (χ1v) is 25.6. The minimum absolute atomic E-state index is 0.154. The summed E-state index contributed by atoms with van der Waals surface area (Å²) in [4.78, 5) is 77.8. The first-order chi connectivity index (χ1) is 34.3. The van der Waals surface area contributed by atoms with Crippen LogP contribution in [0.2, 0.25) is 0 Å². The van der Waals surface area contributed by atoms with Gasteiger partial charge >= 0.3 is 12.2 Å². The number of hydrogen-bond acceptors (Lipinski definition) is 11. The molecule has 2 saturated heterocycles. The largest absolute Gasteiger partial charge is 0.464 e. The number of fused-ring (bicyclic) bond motifs is 5. The highest BCUT2D eigenvalue weighted by atomic mass is 32.1. The summed E-state index contributed by atoms with van der Waals surface area (Å²) in [6.07, 6.45) is 12.2. The van der Waals surface area contributed by atoms with Gasteiger partial charge in [0.15, 0.2) is 0 Å². The molecule has 3 aliphatic heterocycles. The third kappa shape index (κ3) is 9.12. The first kappa shape index (κ1) is 47.9. The van der Waals surface area contributed by atoms with E-state index in [4.69, 9.17) is 29.2 Å². The van der Waals surface area contributed by atoms with Crippen molar-refractivity contribution in [3.05, 3.63) is 82.3 Å². The van der Waals surface area contributed by atoms with E-state index in [-0.39, 0.29) is 35.7 Å². The summed E-state index contributed by atoms with van der Waals surface area (Å²) in [5, 5.41) is 7.37. The Labute approximate surface area is 415 Å². The minimum Gasteiger partial charge on any atom is -0.464 e. The molecule has 10 rings (SSSR count). The maximum atomic E-state index is 17.0. The van der Waals surface area contributed by atoms with Crippen LogP contribution in [-0.2, 0) is 19.1 Å². The Morgan fingerprint density at radius 2 is 1.32 bits per heavy atom. The lowest BCUT2D eigenvalue weighted by atomic mass is 9.90. The summed E-state index contributed by atoms with van der Waals surface area (Å²) in [6, 6.07) is 9.28. The molecule has 4 amide bonds. The van der Waals surface area contributed by atoms with Crippen LogP contribution in [0.1, 0.15) is 131 Å². The molecule has 374 valence electrons. The molecule has 3 fully saturated rings. The van der Waals surface area contributed by atoms with Crippen LogP contribution in [0.3, 0.4) is 0 Å². The zero-order chi connectivity index (χ0) is 49.7. The molecule has 0 spiro atoms. The van der Waals surface area contributed by atoms with Crippen molar-refractivity contribution in [1.82, 2.24) is 49.9 Å². The van der Waals surface area contributed by atoms with E-state index >= 15 is 4.39 Å². The topological polar surface area (TPSA) is 202 Å². The van der Waals surface area contributed by atoms with E-state index < -0.39 is 36.3 Å². The number of thiazole rings is 1. The molecule has 4 aromatic heterocycles. The summed E-state index contributed by atoms with van der Waals surface area (Å²) in [5.41, 5.74) is 4.60. The molecule has 4 N–H and O–H groups in total. The van der Waals surface area contributed by atoms with Crippen LogP contribution < -0.4 is 15.4 Å². The van der Waals surface area contributed by atoms with E-state index in [0.29, 0.717) is 65.3 Å². The number of hydrogen-bond donors (Lipinski definition) is 4. The molecule has 0 bridgehead atoms. The third-order valence-electron chi connectivity index (χ3n) is 14.7. The number of amides is 4. The molecular weight excluding hydrogens is 928 g/mol. The number of alkyl carbamates (subject to hydrolysis) is 2. The van der Waals surface area contributed by atoms with Crippen LogP contribution in [0.5, 0.6) is 5.75 Å². The predicted molar refractivity (Wildman–Crippen MR) is 265 cm³/mol. The Hall–Kier alpha value is -6.76. The number of likely N-dealkylation sites (tertiary alicyclic amines) is 2. The second-order valence-electron chi connectivity index (χ2n) is 19.9. The molecule has 6 aromatic rings. The number of benzene rings is 2. The number of carbonyl (C=O) groups is 4. The highest BCUT2D eigenvalue weighted by Crippen LogP contribution is 2.49. The molecule has 2 aromatic carbocycles. The summed E-state index contributed by atoms with van der Waals surface area (Å²) in [7, 11) is 2.55. The molecule has 17 nitrogen and oxygen atoms in total. The minimum atomic E-state index is -0.774. The number of nitrogens with zero attached hydrogens (tertiary/aromatic N) is 6. The molecule has 3 unspecified atom stereocenters. The fraction of sp³-hybridized carbons (Fsp3) is 0.481. The van der Waals surface area contributed by atoms with E-state index in [0.717, 1.165) is 64.1 Å². The molecule has 0 radical (unpaired) electrons. The maximum absolute atomic E-state index is 17.0. The SMILES string of the molecule is COC(=O)NC(C(=O)N1CCC[C@H]1c1ncc(-c2cc(F)c3c(c2)OC(c2cnc(C4CCCCC4)s2)n2c-3cc3cc(-c4cnc([C@@H]5CCCN5C(=O)C(NC(=O)OC)C(C)C)[nH]4)ccc32)[nH]1)C(C)C. The van der Waals surface area contributed by atoms with Gasteiger partial charge in [-0.2, -0.15) is 0 Å². The fourth-order valence-electron chi connectivity index (χ4n) is 10.9. The quantitative estimate of drug-likeness (QED) is 0.0915. The van der Waals surface area contributed by atoms with Crippen LogP contribution in [-0.4, -0.2) is 103 Å². The number of carbonyl (C=O) groups excluding carboxylic acids is 4. The number of nitrogens with one attached hydrogen (secondary N) is 4. The van der Waals surface area contributed by atoms with Gasteiger partial charge in [0.2, 0.25) is 18.0 Å². The van der Waals surface area contributed by atoms with Crippen molar-refractivity contribution in [2.45, 2.75) is 122 Å². The summed E-state index contributed by atoms with van der Waals surface area (Å²) in [5.74, 6) is 0.818. The zero-order valence-corrected chi connectivity index (χ0v) is 41.7. The van der Waals surface area contributed by atoms with Crippen LogP contribution in [0.15, 0.2) is 55.0 Å². The lowest BCUT2D eigenvalue weighted by molar-refractivity contribution is -0.136. The second kappa shape index (κ2) is 19.8. The smallest absolute Gasteiger partial charge is 0.407 e. The van der Waals surface area contributed by atoms with Crippen molar-refractivity contribution in [3.63, 3.8) is 0 Å². The van der Waals surface area contributed by atoms with E-state index in [2.05, 4.69) is 31.2 Å². The predicted octanol–water partition coefficient (Wildman–Crippen LogP) is 9.76. The number of halogens is 1. The van der Waals surface area contributed by atoms with Gasteiger partial charge < -0.3 is 44.6 Å². The highest BCUT2D eigenvalue weighted by molar-refractivity contribution is 7.11. The standard InChI is InChI=1S/C52H61FN10O7S/c1-27(2)43(59-51(66)68-5)48(64)61-18-10-14-37(61)45-54-24-34(57-45)30-16-17-36-32(20-30)22-39-42-33(53)21-31(23-40(42)70-50(63(36)39)41-26-56-47(71-41)29-12-8-7-9-13-29)35-25-55-46(58-35)38-15-11-19-62(38)49(65)44(28(3)4)60-52(67)69-6/h16-17,20-29,37-38,43-44,50H,7-15,18-19H2,1-6H3,(H,54,57)(H,55,58)(H,59,66)(H,60,67)/t37-,38-,43?,44?,50?/m0/s1. The lowest BCUT2D eigenvalue weighted by Crippen LogP contribution is -2.51. The third-order valence-corrected chi connectivity index (χ3v) is 15.9. The van der Waals surface area contributed by atoms with Crippen molar-refractivity contribution < 1.29 is 37.8 Å². The molecule has 1 aliphatic carbocycles. The average Bonchev–Trinajstić information content (AvgIpc) is 4.24. The van der Waals surface area contributed by atoms with Crippen molar-refractivity contribution in [2.24, 2.45) is 11.8 Å². The zero-order valence-electron chi connectivity index (χ0n) is 40.9. The maximum Gasteiger partial charge on any atom is 0.407 e. The van der Waals surface area contributed by atoms with Gasteiger partial charge in [0.05, 0.1) is 76.7 Å². The molecular formula is C52H61FN10O7S. The molecule has 71 heavy (non-hydrogen) atoms. The Bertz CT molecular complexity index is 2970. The van der Waals surface area contributed by atoms with E-state index in [1.807, 2.05) is 58.2 Å². The van der Waals surface area contributed by atoms with E-state index in [9.17, 15) is 19.2 Å². The number of ether oxygens (including phenoxy) is 3. The second-order valence-corrected chi connectivity index (χ2v) is 21.0. The fourth-order valence-corrected chi connectivity index (χ4v) is 12.0. The van der Waals surface area contributed by atoms with Gasteiger partial charge in [-0.3, -0.25) is 14.2 Å². The number of rotatable bonds is 12. The van der Waals surface area contributed by atoms with E-state index in [1.165, 1.54) is 39.5 Å². The van der Waals surface area contributed by atoms with Crippen molar-refractivity contribution in [1.29, 1.82) is 0 Å². The number of imidazole rings is 2. The van der Waals surface area contributed by atoms with Crippen LogP contribution in [0.4, 0.5) is 14.0 Å². The van der Waals surface area contributed by atoms with E-state index in [1.54, 1.807) is 33.5 Å². The number of aromatic nitrogens is 6. The Kier molecular flexibility index (Phi) is 13.4. The molecule has 1 saturated carbocycles. The van der Waals surface area contributed by atoms with Crippen LogP contribution >= 0.6 is 11.3 Å². The van der Waals surface area contributed by atoms with Gasteiger partial charge in [0.1, 0.15) is 35.3 Å². The molecule has 19 heteroatoms. The summed E-state index contributed by atoms with van der Waals surface area (Å²) < 4.78 is 35.7. The van der Waals surface area contributed by atoms with Gasteiger partial charge in [-0.1, -0.05) is 53.0 Å². The number of methoxy groups -OCH3 is 2. The Morgan fingerprint density at radius 1 is 0.732 bits per heavy atom. The summed E-state index contributed by atoms with van der Waals surface area (Å²) in [6.45, 7) is 8.58. The van der Waals surface area contributed by atoms with Crippen molar-refractivity contribution in [3.8, 4) is 39.5 Å². The van der Waals surface area contributed by atoms with Crippen LogP contribution in [0, 0.1) is 17.7 Å². The Morgan fingerprint density at radius 3 is 1.90 bits per heavy atom. The molecule has 4 aliphatic rings. The Balaban J connectivity index is 0.976. The molecule has 7 heterocycles. The van der Waals surface area contributed by atoms with Gasteiger partial charge in [0, 0.05) is 41.7 Å². The average molecular weight is 989 g/mol. The van der Waals surface area contributed by atoms with Crippen LogP contribution in [0.25, 0.3) is 44.7 Å².